The van der Waals surface area contributed by atoms with Crippen LogP contribution in [0.15, 0.2) is 60.7 Å². The average Bonchev–Trinajstić information content (AvgIpc) is 3.16. The van der Waals surface area contributed by atoms with Gasteiger partial charge in [0.25, 0.3) is 5.91 Å². The first kappa shape index (κ1) is 21.5. The number of hydrogen-bond donors (Lipinski definition) is 3. The third kappa shape index (κ3) is 4.95. The van der Waals surface area contributed by atoms with Crippen molar-refractivity contribution in [3.05, 3.63) is 88.5 Å². The first-order chi connectivity index (χ1) is 15.4. The summed E-state index contributed by atoms with van der Waals surface area (Å²) in [6, 6.07) is 18.8. The molecule has 0 saturated heterocycles. The molecule has 0 unspecified atom stereocenters. The number of rotatable bonds is 5. The molecule has 6 nitrogen and oxygen atoms in total. The Kier molecular flexibility index (Phi) is 6.18. The van der Waals surface area contributed by atoms with Gasteiger partial charge in [0.2, 0.25) is 0 Å². The highest BCUT2D eigenvalue weighted by molar-refractivity contribution is 7.22. The minimum absolute atomic E-state index is 0.175. The van der Waals surface area contributed by atoms with E-state index < -0.39 is 0 Å². The molecule has 0 saturated carbocycles. The molecule has 3 aromatic carbocycles. The maximum atomic E-state index is 12.8. The lowest BCUT2D eigenvalue weighted by Crippen LogP contribution is -2.28. The van der Waals surface area contributed by atoms with E-state index in [0.717, 1.165) is 38.2 Å². The van der Waals surface area contributed by atoms with Gasteiger partial charge in [0.1, 0.15) is 0 Å². The Balaban J connectivity index is 1.44. The molecule has 0 bridgehead atoms. The Morgan fingerprint density at radius 1 is 0.906 bits per heavy atom. The van der Waals surface area contributed by atoms with E-state index in [9.17, 15) is 9.59 Å². The van der Waals surface area contributed by atoms with E-state index in [2.05, 4.69) is 33.1 Å². The molecule has 3 amide bonds. The van der Waals surface area contributed by atoms with Crippen LogP contribution in [0.25, 0.3) is 10.2 Å². The SMILES string of the molecule is Cc1cc(C)c(NC(=O)c2ccc3nc(NC(=O)NCc4ccccc4)sc3c2)c(C)c1. The number of benzene rings is 3. The van der Waals surface area contributed by atoms with Crippen molar-refractivity contribution < 1.29 is 9.59 Å². The number of amides is 3. The molecule has 0 spiro atoms. The third-order valence-corrected chi connectivity index (χ3v) is 6.02. The van der Waals surface area contributed by atoms with Gasteiger partial charge in [0.15, 0.2) is 5.13 Å². The normalized spacial score (nSPS) is 10.7. The highest BCUT2D eigenvalue weighted by Crippen LogP contribution is 2.28. The lowest BCUT2D eigenvalue weighted by Gasteiger charge is -2.12. The number of hydrogen-bond acceptors (Lipinski definition) is 4. The molecule has 0 radical (unpaired) electrons. The average molecular weight is 445 g/mol. The van der Waals surface area contributed by atoms with Crippen molar-refractivity contribution >= 4 is 44.3 Å². The fourth-order valence-electron chi connectivity index (χ4n) is 3.60. The summed E-state index contributed by atoms with van der Waals surface area (Å²) in [7, 11) is 0. The van der Waals surface area contributed by atoms with Gasteiger partial charge in [-0.3, -0.25) is 10.1 Å². The van der Waals surface area contributed by atoms with E-state index in [1.165, 1.54) is 11.3 Å². The zero-order valence-electron chi connectivity index (χ0n) is 18.2. The monoisotopic (exact) mass is 444 g/mol. The van der Waals surface area contributed by atoms with Gasteiger partial charge in [-0.1, -0.05) is 59.4 Å². The molecule has 1 aromatic heterocycles. The largest absolute Gasteiger partial charge is 0.334 e. The summed E-state index contributed by atoms with van der Waals surface area (Å²) < 4.78 is 0.827. The van der Waals surface area contributed by atoms with E-state index >= 15 is 0 Å². The van der Waals surface area contributed by atoms with Gasteiger partial charge in [-0.2, -0.15) is 0 Å². The van der Waals surface area contributed by atoms with Crippen molar-refractivity contribution in [1.82, 2.24) is 10.3 Å². The van der Waals surface area contributed by atoms with Gasteiger partial charge in [0.05, 0.1) is 10.2 Å². The molecule has 0 atom stereocenters. The van der Waals surface area contributed by atoms with Crippen LogP contribution in [0.4, 0.5) is 15.6 Å². The molecule has 1 heterocycles. The van der Waals surface area contributed by atoms with Crippen LogP contribution in [0.5, 0.6) is 0 Å². The van der Waals surface area contributed by atoms with E-state index in [4.69, 9.17) is 0 Å². The summed E-state index contributed by atoms with van der Waals surface area (Å²) in [6.07, 6.45) is 0. The number of aromatic nitrogens is 1. The van der Waals surface area contributed by atoms with Crippen molar-refractivity contribution in [1.29, 1.82) is 0 Å². The number of nitrogens with zero attached hydrogens (tertiary/aromatic N) is 1. The minimum atomic E-state index is -0.323. The standard InChI is InChI=1S/C25H24N4O2S/c1-15-11-16(2)22(17(3)12-15)28-23(30)19-9-10-20-21(13-19)32-25(27-20)29-24(31)26-14-18-7-5-4-6-8-18/h4-13H,14H2,1-3H3,(H,28,30)(H2,26,27,29,31). The van der Waals surface area contributed by atoms with Gasteiger partial charge in [-0.15, -0.1) is 0 Å². The van der Waals surface area contributed by atoms with Crippen LogP contribution in [-0.4, -0.2) is 16.9 Å². The summed E-state index contributed by atoms with van der Waals surface area (Å²) in [5.74, 6) is -0.175. The van der Waals surface area contributed by atoms with Crippen molar-refractivity contribution in [2.24, 2.45) is 0 Å². The van der Waals surface area contributed by atoms with Crippen LogP contribution >= 0.6 is 11.3 Å². The number of fused-ring (bicyclic) bond motifs is 1. The Morgan fingerprint density at radius 2 is 1.62 bits per heavy atom. The molecular weight excluding hydrogens is 420 g/mol. The zero-order chi connectivity index (χ0) is 22.7. The second-order valence-electron chi connectivity index (χ2n) is 7.72. The molecule has 0 fully saturated rings. The van der Waals surface area contributed by atoms with Crippen LogP contribution in [0, 0.1) is 20.8 Å². The van der Waals surface area contributed by atoms with E-state index in [1.807, 2.05) is 51.1 Å². The van der Waals surface area contributed by atoms with Crippen molar-refractivity contribution in [3.8, 4) is 0 Å². The van der Waals surface area contributed by atoms with Crippen molar-refractivity contribution in [2.45, 2.75) is 27.3 Å². The number of aryl methyl sites for hydroxylation is 3. The van der Waals surface area contributed by atoms with Crippen LogP contribution in [0.1, 0.15) is 32.6 Å². The lowest BCUT2D eigenvalue weighted by molar-refractivity contribution is 0.102. The lowest BCUT2D eigenvalue weighted by atomic mass is 10.0. The highest BCUT2D eigenvalue weighted by Gasteiger charge is 2.13. The number of carbonyl (C=O) groups is 2. The maximum absolute atomic E-state index is 12.8. The number of anilines is 2. The summed E-state index contributed by atoms with van der Waals surface area (Å²) in [6.45, 7) is 6.45. The van der Waals surface area contributed by atoms with Gasteiger partial charge >= 0.3 is 6.03 Å². The third-order valence-electron chi connectivity index (χ3n) is 5.08. The van der Waals surface area contributed by atoms with E-state index in [0.29, 0.717) is 17.2 Å². The second kappa shape index (κ2) is 9.20. The molecular formula is C25H24N4O2S. The Morgan fingerprint density at radius 3 is 2.34 bits per heavy atom. The maximum Gasteiger partial charge on any atom is 0.321 e. The van der Waals surface area contributed by atoms with Gasteiger partial charge in [-0.25, -0.2) is 9.78 Å². The summed E-state index contributed by atoms with van der Waals surface area (Å²) in [5.41, 5.74) is 6.35. The number of thiazole rings is 1. The molecule has 162 valence electrons. The summed E-state index contributed by atoms with van der Waals surface area (Å²) in [4.78, 5) is 29.5. The van der Waals surface area contributed by atoms with Gasteiger partial charge in [-0.05, 0) is 55.7 Å². The van der Waals surface area contributed by atoms with Crippen LogP contribution in [0.2, 0.25) is 0 Å². The molecule has 0 aliphatic rings. The number of nitrogens with one attached hydrogen (secondary N) is 3. The molecule has 32 heavy (non-hydrogen) atoms. The second-order valence-corrected chi connectivity index (χ2v) is 8.75. The van der Waals surface area contributed by atoms with Crippen LogP contribution < -0.4 is 16.0 Å². The minimum Gasteiger partial charge on any atom is -0.334 e. The van der Waals surface area contributed by atoms with Crippen LogP contribution in [0.3, 0.4) is 0 Å². The molecule has 4 rings (SSSR count). The molecule has 3 N–H and O–H groups in total. The van der Waals surface area contributed by atoms with Gasteiger partial charge < -0.3 is 10.6 Å². The zero-order valence-corrected chi connectivity index (χ0v) is 19.0. The Labute approximate surface area is 190 Å². The quantitative estimate of drug-likeness (QED) is 0.364. The van der Waals surface area contributed by atoms with E-state index in [1.54, 1.807) is 18.2 Å². The van der Waals surface area contributed by atoms with Crippen LogP contribution in [-0.2, 0) is 6.54 Å². The first-order valence-corrected chi connectivity index (χ1v) is 11.1. The summed E-state index contributed by atoms with van der Waals surface area (Å²) >= 11 is 1.33. The van der Waals surface area contributed by atoms with E-state index in [-0.39, 0.29) is 11.9 Å². The molecule has 0 aliphatic carbocycles. The van der Waals surface area contributed by atoms with Crippen molar-refractivity contribution in [3.63, 3.8) is 0 Å². The van der Waals surface area contributed by atoms with Gasteiger partial charge in [0, 0.05) is 17.8 Å². The smallest absolute Gasteiger partial charge is 0.321 e. The topological polar surface area (TPSA) is 83.1 Å². The highest BCUT2D eigenvalue weighted by atomic mass is 32.1. The fraction of sp³-hybridized carbons (Fsp3) is 0.160. The Hall–Kier alpha value is -3.71. The number of urea groups is 1. The predicted molar refractivity (Wildman–Crippen MR) is 131 cm³/mol. The summed E-state index contributed by atoms with van der Waals surface area (Å²) in [5, 5.41) is 9.09. The molecule has 4 aromatic rings. The Bertz CT molecular complexity index is 1280. The number of carbonyl (C=O) groups excluding carboxylic acids is 2. The van der Waals surface area contributed by atoms with Crippen molar-refractivity contribution in [2.75, 3.05) is 10.6 Å². The predicted octanol–water partition coefficient (Wildman–Crippen LogP) is 5.80. The molecule has 7 heteroatoms. The molecule has 0 aliphatic heterocycles. The fourth-order valence-corrected chi connectivity index (χ4v) is 4.50. The first-order valence-electron chi connectivity index (χ1n) is 10.3.